The summed E-state index contributed by atoms with van der Waals surface area (Å²) in [6, 6.07) is 4.23. The van der Waals surface area contributed by atoms with Gasteiger partial charge < -0.3 is 9.79 Å². The average Bonchev–Trinajstić information content (AvgIpc) is 2.31. The molecule has 0 aliphatic rings. The summed E-state index contributed by atoms with van der Waals surface area (Å²) in [5.41, 5.74) is -0.876. The first-order valence-electron chi connectivity index (χ1n) is 5.16. The summed E-state index contributed by atoms with van der Waals surface area (Å²) in [6.45, 7) is -0.209. The molecule has 1 atom stereocenters. The predicted octanol–water partition coefficient (Wildman–Crippen LogP) is 2.45. The van der Waals surface area contributed by atoms with Gasteiger partial charge in [0.1, 0.15) is 0 Å². The lowest BCUT2D eigenvalue weighted by Crippen LogP contribution is -2.20. The molecule has 0 unspecified atom stereocenters. The number of halogens is 2. The Labute approximate surface area is 119 Å². The van der Waals surface area contributed by atoms with E-state index in [1.165, 1.54) is 18.2 Å². The van der Waals surface area contributed by atoms with Gasteiger partial charge in [0.05, 0.1) is 15.7 Å². The van der Waals surface area contributed by atoms with Gasteiger partial charge in [-0.05, 0) is 24.1 Å². The summed E-state index contributed by atoms with van der Waals surface area (Å²) in [6.07, 6.45) is 0.0447. The van der Waals surface area contributed by atoms with Gasteiger partial charge in [-0.25, -0.2) is 5.06 Å². The summed E-state index contributed by atoms with van der Waals surface area (Å²) < 4.78 is 11.5. The molecule has 0 aliphatic carbocycles. The maximum absolute atomic E-state index is 11.5. The number of carbonyl (C=O) groups is 1. The van der Waals surface area contributed by atoms with Gasteiger partial charge in [-0.1, -0.05) is 29.3 Å². The van der Waals surface area contributed by atoms with Crippen molar-refractivity contribution in [1.82, 2.24) is 5.06 Å². The molecule has 19 heavy (non-hydrogen) atoms. The predicted molar refractivity (Wildman–Crippen MR) is 70.4 cm³/mol. The quantitative estimate of drug-likeness (QED) is 0.322. The maximum Gasteiger partial charge on any atom is 0.333 e. The molecular weight excluding hydrogens is 316 g/mol. The largest absolute Gasteiger partial charge is 0.333 e. The second-order valence-corrected chi connectivity index (χ2v) is 6.45. The van der Waals surface area contributed by atoms with Gasteiger partial charge >= 0.3 is 7.60 Å². The van der Waals surface area contributed by atoms with Crippen LogP contribution in [-0.2, 0) is 9.36 Å². The second kappa shape index (κ2) is 6.70. The van der Waals surface area contributed by atoms with Crippen molar-refractivity contribution in [3.63, 3.8) is 0 Å². The van der Waals surface area contributed by atoms with E-state index in [2.05, 4.69) is 0 Å². The third kappa shape index (κ3) is 4.76. The Hall–Kier alpha value is -0.620. The number of rotatable bonds is 6. The van der Waals surface area contributed by atoms with Crippen molar-refractivity contribution in [3.8, 4) is 0 Å². The van der Waals surface area contributed by atoms with Crippen LogP contribution in [0.15, 0.2) is 18.2 Å². The van der Waals surface area contributed by atoms with Gasteiger partial charge in [0, 0.05) is 6.54 Å². The Bertz CT molecular complexity index is 507. The molecule has 1 amide bonds. The zero-order valence-corrected chi connectivity index (χ0v) is 12.0. The molecule has 3 N–H and O–H groups in total. The van der Waals surface area contributed by atoms with Crippen LogP contribution in [0.2, 0.25) is 10.0 Å². The third-order valence-corrected chi connectivity index (χ3v) is 4.60. The summed E-state index contributed by atoms with van der Waals surface area (Å²) in [4.78, 5) is 28.9. The molecule has 1 rings (SSSR count). The first-order chi connectivity index (χ1) is 8.75. The molecule has 0 aromatic heterocycles. The number of carbonyl (C=O) groups excluding carboxylic acids is 1. The smallest absolute Gasteiger partial charge is 0.324 e. The molecule has 9 heteroatoms. The number of hydrogen-bond acceptors (Lipinski definition) is 3. The fourth-order valence-electron chi connectivity index (χ4n) is 1.56. The summed E-state index contributed by atoms with van der Waals surface area (Å²) in [5, 5.41) is 9.75. The molecule has 0 heterocycles. The molecule has 0 bridgehead atoms. The highest BCUT2D eigenvalue weighted by Crippen LogP contribution is 2.54. The fourth-order valence-corrected chi connectivity index (χ4v) is 2.86. The van der Waals surface area contributed by atoms with Crippen LogP contribution < -0.4 is 0 Å². The second-order valence-electron chi connectivity index (χ2n) is 3.84. The highest BCUT2D eigenvalue weighted by atomic mass is 35.5. The lowest BCUT2D eigenvalue weighted by molar-refractivity contribution is -0.149. The van der Waals surface area contributed by atoms with Crippen molar-refractivity contribution in [3.05, 3.63) is 33.8 Å². The van der Waals surface area contributed by atoms with Crippen molar-refractivity contribution in [1.29, 1.82) is 0 Å². The molecule has 0 fully saturated rings. The van der Waals surface area contributed by atoms with Crippen LogP contribution in [0.25, 0.3) is 0 Å². The van der Waals surface area contributed by atoms with Crippen molar-refractivity contribution in [2.75, 3.05) is 6.54 Å². The van der Waals surface area contributed by atoms with Crippen LogP contribution in [0.5, 0.6) is 0 Å². The normalized spacial score (nSPS) is 13.1. The monoisotopic (exact) mass is 327 g/mol. The molecule has 0 radical (unpaired) electrons. The van der Waals surface area contributed by atoms with Gasteiger partial charge in [0.2, 0.25) is 6.41 Å². The molecule has 1 aromatic rings. The maximum atomic E-state index is 11.5. The minimum Gasteiger partial charge on any atom is -0.324 e. The van der Waals surface area contributed by atoms with Crippen molar-refractivity contribution in [2.45, 2.75) is 12.1 Å². The highest BCUT2D eigenvalue weighted by Gasteiger charge is 2.30. The van der Waals surface area contributed by atoms with E-state index in [0.29, 0.717) is 10.6 Å². The van der Waals surface area contributed by atoms with E-state index in [9.17, 15) is 19.1 Å². The summed E-state index contributed by atoms with van der Waals surface area (Å²) in [7, 11) is -4.45. The highest BCUT2D eigenvalue weighted by molar-refractivity contribution is 7.52. The van der Waals surface area contributed by atoms with Crippen LogP contribution in [0.1, 0.15) is 17.6 Å². The SMILES string of the molecule is O=CN(O)CC[C@H](c1ccc(Cl)c(Cl)c1)P(=O)(O)O. The van der Waals surface area contributed by atoms with E-state index in [1.807, 2.05) is 0 Å². The minimum absolute atomic E-state index is 0.114. The number of hydroxylamine groups is 2. The van der Waals surface area contributed by atoms with E-state index in [0.717, 1.165) is 0 Å². The van der Waals surface area contributed by atoms with Crippen molar-refractivity contribution >= 4 is 37.2 Å². The van der Waals surface area contributed by atoms with Crippen LogP contribution in [0, 0.1) is 0 Å². The molecule has 6 nitrogen and oxygen atoms in total. The van der Waals surface area contributed by atoms with Crippen LogP contribution in [0.4, 0.5) is 0 Å². The van der Waals surface area contributed by atoms with Gasteiger partial charge in [0.25, 0.3) is 0 Å². The number of hydrogen-bond donors (Lipinski definition) is 3. The Morgan fingerprint density at radius 3 is 2.42 bits per heavy atom. The summed E-state index contributed by atoms with van der Waals surface area (Å²) in [5.74, 6) is 0. The zero-order valence-electron chi connectivity index (χ0n) is 9.61. The molecule has 0 saturated heterocycles. The molecule has 0 saturated carbocycles. The van der Waals surface area contributed by atoms with E-state index < -0.39 is 13.3 Å². The van der Waals surface area contributed by atoms with Crippen LogP contribution >= 0.6 is 30.8 Å². The molecule has 0 aliphatic heterocycles. The average molecular weight is 328 g/mol. The Kier molecular flexibility index (Phi) is 5.80. The van der Waals surface area contributed by atoms with Gasteiger partial charge in [-0.2, -0.15) is 0 Å². The number of nitrogens with zero attached hydrogens (tertiary/aromatic N) is 1. The van der Waals surface area contributed by atoms with Crippen LogP contribution in [0.3, 0.4) is 0 Å². The molecular formula is C10H12Cl2NO5P. The standard InChI is InChI=1S/C10H12Cl2NO5P/c11-8-2-1-7(5-9(8)12)10(19(16,17)18)3-4-13(15)6-14/h1-2,5-6,10,15H,3-4H2,(H2,16,17,18)/t10-/m1/s1. The molecule has 1 aromatic carbocycles. The molecule has 0 spiro atoms. The summed E-state index contributed by atoms with van der Waals surface area (Å²) >= 11 is 11.5. The number of benzene rings is 1. The van der Waals surface area contributed by atoms with Gasteiger partial charge in [-0.15, -0.1) is 0 Å². The minimum atomic E-state index is -4.45. The first kappa shape index (κ1) is 16.4. The Morgan fingerprint density at radius 2 is 1.95 bits per heavy atom. The third-order valence-electron chi connectivity index (χ3n) is 2.49. The van der Waals surface area contributed by atoms with E-state index in [-0.39, 0.29) is 29.4 Å². The first-order valence-corrected chi connectivity index (χ1v) is 7.60. The lowest BCUT2D eigenvalue weighted by Gasteiger charge is -2.20. The Morgan fingerprint density at radius 1 is 1.32 bits per heavy atom. The topological polar surface area (TPSA) is 98.1 Å². The van der Waals surface area contributed by atoms with Crippen molar-refractivity contribution < 1.29 is 24.4 Å². The zero-order chi connectivity index (χ0) is 14.6. The molecule has 106 valence electrons. The number of amides is 1. The van der Waals surface area contributed by atoms with E-state index in [4.69, 9.17) is 28.4 Å². The van der Waals surface area contributed by atoms with Crippen LogP contribution in [-0.4, -0.2) is 33.0 Å². The van der Waals surface area contributed by atoms with Gasteiger partial charge in [0.15, 0.2) is 0 Å². The lowest BCUT2D eigenvalue weighted by atomic mass is 10.1. The Balaban J connectivity index is 3.00. The van der Waals surface area contributed by atoms with Crippen molar-refractivity contribution in [2.24, 2.45) is 0 Å². The van der Waals surface area contributed by atoms with Gasteiger partial charge in [-0.3, -0.25) is 14.6 Å². The van der Waals surface area contributed by atoms with E-state index >= 15 is 0 Å². The van der Waals surface area contributed by atoms with E-state index in [1.54, 1.807) is 0 Å². The fraction of sp³-hybridized carbons (Fsp3) is 0.300.